The minimum Gasteiger partial charge on any atom is -0.374 e. The predicted octanol–water partition coefficient (Wildman–Crippen LogP) is 2.19. The summed E-state index contributed by atoms with van der Waals surface area (Å²) in [6.07, 6.45) is -6.17. The normalized spacial score (nSPS) is 11.9. The maximum atomic E-state index is 12.3. The van der Waals surface area contributed by atoms with E-state index >= 15 is 0 Å². The van der Waals surface area contributed by atoms with Crippen LogP contribution in [0, 0.1) is 0 Å². The van der Waals surface area contributed by atoms with Crippen molar-refractivity contribution >= 4 is 5.95 Å². The summed E-state index contributed by atoms with van der Waals surface area (Å²) >= 11 is 0. The molecule has 1 rings (SSSR count). The third-order valence-corrected chi connectivity index (χ3v) is 1.72. The molecule has 18 heavy (non-hydrogen) atoms. The summed E-state index contributed by atoms with van der Waals surface area (Å²) in [6, 6.07) is 0.735. The van der Waals surface area contributed by atoms with Crippen LogP contribution in [0.4, 0.5) is 27.9 Å². The van der Waals surface area contributed by atoms with Crippen LogP contribution in [0.5, 0.6) is 0 Å². The Hall–Kier alpha value is -1.51. The Bertz CT molecular complexity index is 371. The Kier molecular flexibility index (Phi) is 5.20. The van der Waals surface area contributed by atoms with Gasteiger partial charge in [0.1, 0.15) is 12.3 Å². The van der Waals surface area contributed by atoms with Gasteiger partial charge in [0.2, 0.25) is 5.95 Å². The molecular formula is C9H10F5N3O. The van der Waals surface area contributed by atoms with Gasteiger partial charge in [0.15, 0.2) is 0 Å². The van der Waals surface area contributed by atoms with E-state index in [9.17, 15) is 22.0 Å². The molecule has 0 bridgehead atoms. The number of halogens is 5. The monoisotopic (exact) mass is 271 g/mol. The largest absolute Gasteiger partial charge is 0.433 e. The molecule has 0 aliphatic heterocycles. The summed E-state index contributed by atoms with van der Waals surface area (Å²) in [4.78, 5) is 6.79. The molecule has 1 N–H and O–H groups in total. The van der Waals surface area contributed by atoms with E-state index < -0.39 is 24.9 Å². The fourth-order valence-electron chi connectivity index (χ4n) is 1.01. The number of anilines is 1. The van der Waals surface area contributed by atoms with Crippen LogP contribution in [0.25, 0.3) is 0 Å². The molecular weight excluding hydrogens is 261 g/mol. The molecule has 0 spiro atoms. The van der Waals surface area contributed by atoms with Crippen molar-refractivity contribution in [1.82, 2.24) is 9.97 Å². The third kappa shape index (κ3) is 5.21. The van der Waals surface area contributed by atoms with Gasteiger partial charge in [-0.1, -0.05) is 0 Å². The molecule has 102 valence electrons. The number of hydrogen-bond acceptors (Lipinski definition) is 4. The van der Waals surface area contributed by atoms with Crippen LogP contribution in [0.15, 0.2) is 12.3 Å². The predicted molar refractivity (Wildman–Crippen MR) is 52.3 cm³/mol. The first kappa shape index (κ1) is 14.6. The zero-order valence-electron chi connectivity index (χ0n) is 9.05. The fraction of sp³-hybridized carbons (Fsp3) is 0.556. The maximum absolute atomic E-state index is 12.3. The van der Waals surface area contributed by atoms with E-state index in [-0.39, 0.29) is 19.1 Å². The Labute approximate surface area is 99.2 Å². The average molecular weight is 271 g/mol. The number of rotatable bonds is 6. The number of alkyl halides is 5. The minimum absolute atomic E-state index is 0.0357. The van der Waals surface area contributed by atoms with Crippen LogP contribution in [-0.2, 0) is 10.9 Å². The zero-order valence-corrected chi connectivity index (χ0v) is 9.05. The summed E-state index contributed by atoms with van der Waals surface area (Å²) < 4.78 is 64.7. The second-order valence-electron chi connectivity index (χ2n) is 3.16. The molecule has 0 unspecified atom stereocenters. The smallest absolute Gasteiger partial charge is 0.374 e. The van der Waals surface area contributed by atoms with Crippen molar-refractivity contribution in [2.24, 2.45) is 0 Å². The van der Waals surface area contributed by atoms with Crippen molar-refractivity contribution in [1.29, 1.82) is 0 Å². The van der Waals surface area contributed by atoms with Gasteiger partial charge < -0.3 is 10.1 Å². The molecule has 0 atom stereocenters. The zero-order chi connectivity index (χ0) is 13.6. The first-order valence-corrected chi connectivity index (χ1v) is 4.89. The molecule has 1 aromatic heterocycles. The van der Waals surface area contributed by atoms with Gasteiger partial charge in [0, 0.05) is 12.7 Å². The quantitative estimate of drug-likeness (QED) is 0.636. The molecule has 0 aliphatic carbocycles. The molecule has 1 heterocycles. The Morgan fingerprint density at radius 3 is 2.67 bits per heavy atom. The molecule has 1 aromatic rings. The lowest BCUT2D eigenvalue weighted by molar-refractivity contribution is -0.141. The molecule has 0 saturated heterocycles. The second-order valence-corrected chi connectivity index (χ2v) is 3.16. The van der Waals surface area contributed by atoms with Gasteiger partial charge in [0.05, 0.1) is 6.61 Å². The molecule has 0 saturated carbocycles. The van der Waals surface area contributed by atoms with Crippen LogP contribution in [0.1, 0.15) is 5.69 Å². The number of ether oxygens (including phenoxy) is 1. The number of nitrogens with zero attached hydrogens (tertiary/aromatic N) is 2. The third-order valence-electron chi connectivity index (χ3n) is 1.72. The van der Waals surface area contributed by atoms with Gasteiger partial charge in [-0.2, -0.15) is 13.2 Å². The highest BCUT2D eigenvalue weighted by Gasteiger charge is 2.32. The van der Waals surface area contributed by atoms with Gasteiger partial charge in [-0.3, -0.25) is 0 Å². The van der Waals surface area contributed by atoms with Crippen LogP contribution < -0.4 is 5.32 Å². The maximum Gasteiger partial charge on any atom is 0.433 e. The van der Waals surface area contributed by atoms with Crippen molar-refractivity contribution in [3.05, 3.63) is 18.0 Å². The summed E-state index contributed by atoms with van der Waals surface area (Å²) in [5, 5.41) is 2.44. The SMILES string of the molecule is FC(F)COCCNc1nccc(C(F)(F)F)n1. The van der Waals surface area contributed by atoms with E-state index in [2.05, 4.69) is 20.0 Å². The molecule has 0 fully saturated rings. The van der Waals surface area contributed by atoms with Crippen molar-refractivity contribution < 1.29 is 26.7 Å². The summed E-state index contributed by atoms with van der Waals surface area (Å²) in [7, 11) is 0. The van der Waals surface area contributed by atoms with E-state index in [0.29, 0.717) is 0 Å². The lowest BCUT2D eigenvalue weighted by atomic mass is 10.4. The van der Waals surface area contributed by atoms with Gasteiger partial charge >= 0.3 is 6.18 Å². The Morgan fingerprint density at radius 2 is 2.06 bits per heavy atom. The molecule has 0 amide bonds. The van der Waals surface area contributed by atoms with E-state index in [0.717, 1.165) is 12.3 Å². The first-order valence-electron chi connectivity index (χ1n) is 4.89. The number of aromatic nitrogens is 2. The average Bonchev–Trinajstić information content (AvgIpc) is 2.27. The number of hydrogen-bond donors (Lipinski definition) is 1. The van der Waals surface area contributed by atoms with Crippen molar-refractivity contribution in [2.75, 3.05) is 25.1 Å². The highest BCUT2D eigenvalue weighted by molar-refractivity contribution is 5.25. The molecule has 9 heteroatoms. The first-order chi connectivity index (χ1) is 8.39. The summed E-state index contributed by atoms with van der Waals surface area (Å²) in [6.45, 7) is -0.761. The molecule has 0 radical (unpaired) electrons. The topological polar surface area (TPSA) is 47.0 Å². The van der Waals surface area contributed by atoms with Crippen molar-refractivity contribution in [3.8, 4) is 0 Å². The fourth-order valence-corrected chi connectivity index (χ4v) is 1.01. The summed E-state index contributed by atoms with van der Waals surface area (Å²) in [5.74, 6) is -0.231. The van der Waals surface area contributed by atoms with E-state index in [1.807, 2.05) is 0 Å². The van der Waals surface area contributed by atoms with Crippen LogP contribution in [0.2, 0.25) is 0 Å². The van der Waals surface area contributed by atoms with E-state index in [1.54, 1.807) is 0 Å². The van der Waals surface area contributed by atoms with E-state index in [1.165, 1.54) is 0 Å². The van der Waals surface area contributed by atoms with Gasteiger partial charge in [-0.15, -0.1) is 0 Å². The number of nitrogens with one attached hydrogen (secondary N) is 1. The lowest BCUT2D eigenvalue weighted by Crippen LogP contribution is -2.16. The van der Waals surface area contributed by atoms with E-state index in [4.69, 9.17) is 0 Å². The van der Waals surface area contributed by atoms with Gasteiger partial charge in [-0.25, -0.2) is 18.7 Å². The molecule has 0 aliphatic rings. The second kappa shape index (κ2) is 6.43. The Balaban J connectivity index is 2.39. The van der Waals surface area contributed by atoms with Crippen LogP contribution in [0.3, 0.4) is 0 Å². The Morgan fingerprint density at radius 1 is 1.33 bits per heavy atom. The van der Waals surface area contributed by atoms with Crippen molar-refractivity contribution in [2.45, 2.75) is 12.6 Å². The highest BCUT2D eigenvalue weighted by atomic mass is 19.4. The lowest BCUT2D eigenvalue weighted by Gasteiger charge is -2.08. The van der Waals surface area contributed by atoms with Gasteiger partial charge in [-0.05, 0) is 6.07 Å². The van der Waals surface area contributed by atoms with Crippen molar-refractivity contribution in [3.63, 3.8) is 0 Å². The summed E-state index contributed by atoms with van der Waals surface area (Å²) in [5.41, 5.74) is -1.08. The highest BCUT2D eigenvalue weighted by Crippen LogP contribution is 2.27. The van der Waals surface area contributed by atoms with Crippen LogP contribution >= 0.6 is 0 Å². The van der Waals surface area contributed by atoms with Crippen LogP contribution in [-0.4, -0.2) is 36.2 Å². The van der Waals surface area contributed by atoms with Gasteiger partial charge in [0.25, 0.3) is 6.43 Å². The standard InChI is InChI=1S/C9H10F5N3O/c10-7(11)5-18-4-3-16-8-15-2-1-6(17-8)9(12,13)14/h1-2,7H,3-5H2,(H,15,16,17). The molecule has 4 nitrogen and oxygen atoms in total. The molecule has 0 aromatic carbocycles. The minimum atomic E-state index is -4.55.